The van der Waals surface area contributed by atoms with Gasteiger partial charge in [-0.1, -0.05) is 46.8 Å². The van der Waals surface area contributed by atoms with E-state index in [0.29, 0.717) is 25.1 Å². The Hall–Kier alpha value is -2.41. The molecule has 7 nitrogen and oxygen atoms in total. The van der Waals surface area contributed by atoms with Gasteiger partial charge in [0.05, 0.1) is 6.04 Å². The van der Waals surface area contributed by atoms with Crippen molar-refractivity contribution in [3.8, 4) is 0 Å². The van der Waals surface area contributed by atoms with Crippen molar-refractivity contribution in [1.29, 1.82) is 0 Å². The maximum Gasteiger partial charge on any atom is 0.312 e. The molecule has 0 bridgehead atoms. The predicted molar refractivity (Wildman–Crippen MR) is 140 cm³/mol. The molecule has 0 aromatic heterocycles. The highest BCUT2D eigenvalue weighted by Gasteiger charge is 2.30. The average Bonchev–Trinajstić information content (AvgIpc) is 2.67. The predicted octanol–water partition coefficient (Wildman–Crippen LogP) is 4.65. The van der Waals surface area contributed by atoms with Crippen LogP contribution >= 0.6 is 0 Å². The Morgan fingerprint density at radius 3 is 2.03 bits per heavy atom. The molecule has 0 radical (unpaired) electrons. The van der Waals surface area contributed by atoms with Crippen LogP contribution in [0.15, 0.2) is 24.3 Å². The first-order chi connectivity index (χ1) is 15.6. The third kappa shape index (κ3) is 12.2. The van der Waals surface area contributed by atoms with Gasteiger partial charge in [-0.2, -0.15) is 0 Å². The van der Waals surface area contributed by atoms with Crippen LogP contribution in [-0.2, 0) is 16.0 Å². The highest BCUT2D eigenvalue weighted by molar-refractivity contribution is 5.96. The van der Waals surface area contributed by atoms with Crippen LogP contribution < -0.4 is 21.7 Å². The van der Waals surface area contributed by atoms with Crippen molar-refractivity contribution >= 4 is 23.4 Å². The molecule has 5 N–H and O–H groups in total. The number of hydrogen-bond donors (Lipinski definition) is 4. The number of Topliss-reactive ketones (excluding diaryl/α,β-unsaturated/α-hetero) is 1. The lowest BCUT2D eigenvalue weighted by molar-refractivity contribution is -0.128. The molecule has 1 rings (SSSR count). The Kier molecular flexibility index (Phi) is 11.2. The zero-order chi connectivity index (χ0) is 26.1. The van der Waals surface area contributed by atoms with Gasteiger partial charge in [-0.15, -0.1) is 0 Å². The summed E-state index contributed by atoms with van der Waals surface area (Å²) in [5.41, 5.74) is 7.03. The molecule has 0 spiro atoms. The number of nitrogens with one attached hydrogen (secondary N) is 3. The third-order valence-corrected chi connectivity index (χ3v) is 5.40. The monoisotopic (exact) mass is 474 g/mol. The first-order valence-electron chi connectivity index (χ1n) is 12.3. The number of anilines is 1. The van der Waals surface area contributed by atoms with Crippen molar-refractivity contribution in [2.45, 2.75) is 92.7 Å². The minimum Gasteiger partial charge on any atom is -0.352 e. The summed E-state index contributed by atoms with van der Waals surface area (Å²) in [7, 11) is 0. The minimum atomic E-state index is -0.596. The Balaban J connectivity index is 2.93. The zero-order valence-electron chi connectivity index (χ0n) is 22.4. The molecule has 0 saturated carbocycles. The molecular weight excluding hydrogens is 428 g/mol. The molecule has 2 atom stereocenters. The number of amides is 3. The second-order valence-electron chi connectivity index (χ2n) is 11.8. The lowest BCUT2D eigenvalue weighted by atomic mass is 9.88. The van der Waals surface area contributed by atoms with Gasteiger partial charge in [0, 0.05) is 30.1 Å². The summed E-state index contributed by atoms with van der Waals surface area (Å²) < 4.78 is 0. The number of carbonyl (C=O) groups is 3. The summed E-state index contributed by atoms with van der Waals surface area (Å²) in [5.74, 6) is -0.565. The van der Waals surface area contributed by atoms with E-state index in [9.17, 15) is 14.4 Å². The van der Waals surface area contributed by atoms with Crippen LogP contribution in [0.25, 0.3) is 0 Å². The molecule has 0 aliphatic carbocycles. The van der Waals surface area contributed by atoms with Crippen molar-refractivity contribution < 1.29 is 14.4 Å². The molecule has 0 fully saturated rings. The van der Waals surface area contributed by atoms with Crippen molar-refractivity contribution in [3.05, 3.63) is 29.8 Å². The van der Waals surface area contributed by atoms with Gasteiger partial charge < -0.3 is 21.7 Å². The van der Waals surface area contributed by atoms with E-state index in [1.54, 1.807) is 0 Å². The number of rotatable bonds is 12. The van der Waals surface area contributed by atoms with E-state index in [2.05, 4.69) is 36.7 Å². The highest BCUT2D eigenvalue weighted by Crippen LogP contribution is 2.23. The third-order valence-electron chi connectivity index (χ3n) is 5.40. The molecule has 0 aliphatic heterocycles. The maximum atomic E-state index is 13.2. The molecule has 0 unspecified atom stereocenters. The molecule has 3 amide bonds. The summed E-state index contributed by atoms with van der Waals surface area (Å²) in [6.45, 7) is 17.0. The van der Waals surface area contributed by atoms with Gasteiger partial charge in [0.1, 0.15) is 0 Å². The second-order valence-corrected chi connectivity index (χ2v) is 11.8. The van der Waals surface area contributed by atoms with Crippen LogP contribution in [0.3, 0.4) is 0 Å². The highest BCUT2D eigenvalue weighted by atomic mass is 16.2. The van der Waals surface area contributed by atoms with Crippen molar-refractivity contribution in [1.82, 2.24) is 10.6 Å². The molecule has 34 heavy (non-hydrogen) atoms. The topological polar surface area (TPSA) is 113 Å². The number of primary amides is 1. The van der Waals surface area contributed by atoms with E-state index >= 15 is 0 Å². The Bertz CT molecular complexity index is 805. The first-order valence-corrected chi connectivity index (χ1v) is 12.3. The normalized spacial score (nSPS) is 13.9. The van der Waals surface area contributed by atoms with Gasteiger partial charge >= 0.3 is 6.03 Å². The van der Waals surface area contributed by atoms with Crippen LogP contribution in [0.4, 0.5) is 10.5 Å². The van der Waals surface area contributed by atoms with Gasteiger partial charge in [-0.25, -0.2) is 4.79 Å². The Morgan fingerprint density at radius 1 is 0.971 bits per heavy atom. The lowest BCUT2D eigenvalue weighted by Gasteiger charge is -2.31. The van der Waals surface area contributed by atoms with E-state index in [0.717, 1.165) is 6.42 Å². The summed E-state index contributed by atoms with van der Waals surface area (Å²) in [6, 6.07) is 6.94. The second kappa shape index (κ2) is 12.9. The van der Waals surface area contributed by atoms with Crippen LogP contribution in [0.5, 0.6) is 0 Å². The van der Waals surface area contributed by atoms with Gasteiger partial charge in [0.2, 0.25) is 5.91 Å². The number of urea groups is 1. The van der Waals surface area contributed by atoms with Gasteiger partial charge in [0.25, 0.3) is 0 Å². The first kappa shape index (κ1) is 29.6. The molecule has 0 heterocycles. The number of ketones is 1. The van der Waals surface area contributed by atoms with Crippen LogP contribution in [0.1, 0.15) is 80.2 Å². The molecular formula is C27H46N4O3. The molecule has 1 aromatic carbocycles. The van der Waals surface area contributed by atoms with E-state index in [-0.39, 0.29) is 41.0 Å². The molecule has 1 aromatic rings. The van der Waals surface area contributed by atoms with E-state index in [4.69, 9.17) is 5.73 Å². The smallest absolute Gasteiger partial charge is 0.312 e. The zero-order valence-corrected chi connectivity index (χ0v) is 22.4. The molecule has 192 valence electrons. The van der Waals surface area contributed by atoms with Gasteiger partial charge in [0.15, 0.2) is 5.78 Å². The minimum absolute atomic E-state index is 0.0217. The Morgan fingerprint density at radius 2 is 1.56 bits per heavy atom. The number of carbonyl (C=O) groups excluding carboxylic acids is 3. The SMILES string of the molecule is CC(C)[C@H](NC(C)(C)C)C(=O)C[C@@H](CCCNC(N)=O)C(=O)Nc1ccc(CC(C)(C)C)cc1. The number of nitrogens with two attached hydrogens (primary N) is 1. The van der Waals surface area contributed by atoms with Crippen molar-refractivity contribution in [2.24, 2.45) is 23.0 Å². The van der Waals surface area contributed by atoms with Crippen LogP contribution in [0, 0.1) is 17.3 Å². The lowest BCUT2D eigenvalue weighted by Crippen LogP contribution is -2.51. The summed E-state index contributed by atoms with van der Waals surface area (Å²) >= 11 is 0. The van der Waals surface area contributed by atoms with E-state index < -0.39 is 11.9 Å². The van der Waals surface area contributed by atoms with Gasteiger partial charge in [-0.05, 0) is 69.1 Å². The quantitative estimate of drug-likeness (QED) is 0.330. The largest absolute Gasteiger partial charge is 0.352 e. The van der Waals surface area contributed by atoms with Crippen LogP contribution in [-0.4, -0.2) is 35.8 Å². The fourth-order valence-electron chi connectivity index (χ4n) is 3.90. The maximum absolute atomic E-state index is 13.2. The van der Waals surface area contributed by atoms with Crippen molar-refractivity contribution in [3.63, 3.8) is 0 Å². The van der Waals surface area contributed by atoms with E-state index in [1.807, 2.05) is 58.9 Å². The Labute approximate surface area is 206 Å². The standard InChI is InChI=1S/C27H46N4O3/c1-18(2)23(31-27(6,7)8)22(32)16-20(10-9-15-29-25(28)34)24(33)30-21-13-11-19(12-14-21)17-26(3,4)5/h11-14,18,20,23,31H,9-10,15-17H2,1-8H3,(H,30,33)(H3,28,29,34)/t20-,23+/m1/s1. The van der Waals surface area contributed by atoms with Crippen molar-refractivity contribution in [2.75, 3.05) is 11.9 Å². The summed E-state index contributed by atoms with van der Waals surface area (Å²) in [6.07, 6.45) is 2.11. The summed E-state index contributed by atoms with van der Waals surface area (Å²) in [4.78, 5) is 37.4. The van der Waals surface area contributed by atoms with E-state index in [1.165, 1.54) is 5.56 Å². The molecule has 0 saturated heterocycles. The fraction of sp³-hybridized carbons (Fsp3) is 0.667. The molecule has 0 aliphatic rings. The molecule has 7 heteroatoms. The number of hydrogen-bond acceptors (Lipinski definition) is 4. The number of benzene rings is 1. The van der Waals surface area contributed by atoms with Gasteiger partial charge in [-0.3, -0.25) is 9.59 Å². The van der Waals surface area contributed by atoms with Crippen LogP contribution in [0.2, 0.25) is 0 Å². The summed E-state index contributed by atoms with van der Waals surface area (Å²) in [5, 5.41) is 8.93. The fourth-order valence-corrected chi connectivity index (χ4v) is 3.90. The average molecular weight is 475 g/mol.